The van der Waals surface area contributed by atoms with Crippen molar-refractivity contribution in [3.05, 3.63) is 35.4 Å². The van der Waals surface area contributed by atoms with Crippen LogP contribution in [0.1, 0.15) is 63.6 Å². The number of benzene rings is 1. The van der Waals surface area contributed by atoms with Crippen LogP contribution in [-0.2, 0) is 4.79 Å². The van der Waals surface area contributed by atoms with Gasteiger partial charge in [-0.1, -0.05) is 38.1 Å². The highest BCUT2D eigenvalue weighted by molar-refractivity contribution is 5.85. The van der Waals surface area contributed by atoms with Crippen LogP contribution in [0, 0.1) is 0 Å². The van der Waals surface area contributed by atoms with E-state index >= 15 is 0 Å². The lowest BCUT2D eigenvalue weighted by atomic mass is 9.99. The highest BCUT2D eigenvalue weighted by atomic mass is 35.5. The van der Waals surface area contributed by atoms with Gasteiger partial charge in [-0.25, -0.2) is 0 Å². The van der Waals surface area contributed by atoms with Crippen LogP contribution in [0.15, 0.2) is 24.3 Å². The van der Waals surface area contributed by atoms with Gasteiger partial charge in [-0.15, -0.1) is 12.4 Å². The molecule has 0 aliphatic rings. The lowest BCUT2D eigenvalue weighted by Gasteiger charge is -2.16. The van der Waals surface area contributed by atoms with E-state index in [2.05, 4.69) is 43.4 Å². The van der Waals surface area contributed by atoms with E-state index in [1.165, 1.54) is 5.56 Å². The Balaban J connectivity index is 0.00000361. The first-order chi connectivity index (χ1) is 8.90. The summed E-state index contributed by atoms with van der Waals surface area (Å²) in [5.74, 6) is 0.600. The van der Waals surface area contributed by atoms with Gasteiger partial charge in [0, 0.05) is 12.5 Å². The van der Waals surface area contributed by atoms with Gasteiger partial charge in [0.15, 0.2) is 0 Å². The Morgan fingerprint density at radius 3 is 2.05 bits per heavy atom. The van der Waals surface area contributed by atoms with Crippen LogP contribution in [0.3, 0.4) is 0 Å². The van der Waals surface area contributed by atoms with Crippen LogP contribution in [0.25, 0.3) is 0 Å². The van der Waals surface area contributed by atoms with E-state index in [1.807, 2.05) is 13.8 Å². The molecule has 0 aliphatic carbocycles. The smallest absolute Gasteiger partial charge is 0.220 e. The molecular formula is C16H27ClN2O. The lowest BCUT2D eigenvalue weighted by Crippen LogP contribution is -2.28. The van der Waals surface area contributed by atoms with Gasteiger partial charge in [-0.3, -0.25) is 4.79 Å². The van der Waals surface area contributed by atoms with Gasteiger partial charge < -0.3 is 11.1 Å². The first-order valence-corrected chi connectivity index (χ1v) is 7.05. The molecule has 0 saturated carbocycles. The predicted octanol–water partition coefficient (Wildman–Crippen LogP) is 3.54. The molecule has 0 heterocycles. The maximum absolute atomic E-state index is 11.7. The third-order valence-electron chi connectivity index (χ3n) is 3.31. The normalized spacial score (nSPS) is 13.5. The van der Waals surface area contributed by atoms with Crippen molar-refractivity contribution in [1.82, 2.24) is 5.32 Å². The minimum atomic E-state index is 0. The minimum Gasteiger partial charge on any atom is -0.350 e. The van der Waals surface area contributed by atoms with Gasteiger partial charge in [0.1, 0.15) is 0 Å². The Labute approximate surface area is 128 Å². The van der Waals surface area contributed by atoms with Gasteiger partial charge in [-0.05, 0) is 37.3 Å². The fourth-order valence-electron chi connectivity index (χ4n) is 1.93. The molecule has 3 N–H and O–H groups in total. The van der Waals surface area contributed by atoms with Crippen LogP contribution in [0.4, 0.5) is 0 Å². The molecule has 0 aromatic heterocycles. The highest BCUT2D eigenvalue weighted by Gasteiger charge is 2.10. The van der Waals surface area contributed by atoms with Gasteiger partial charge in [-0.2, -0.15) is 0 Å². The maximum Gasteiger partial charge on any atom is 0.220 e. The summed E-state index contributed by atoms with van der Waals surface area (Å²) >= 11 is 0. The first-order valence-electron chi connectivity index (χ1n) is 7.05. The number of amides is 1. The van der Waals surface area contributed by atoms with Gasteiger partial charge in [0.05, 0.1) is 6.04 Å². The average Bonchev–Trinajstić information content (AvgIpc) is 2.36. The van der Waals surface area contributed by atoms with E-state index in [1.54, 1.807) is 0 Å². The summed E-state index contributed by atoms with van der Waals surface area (Å²) in [6, 6.07) is 8.56. The standard InChI is InChI=1S/C16H26N2O.ClH/c1-11(2)14-6-8-15(9-7-14)13(4)18-16(19)10-5-12(3)17;/h6-9,11-13H,5,10,17H2,1-4H3,(H,18,19);1H. The number of carbonyl (C=O) groups excluding carboxylic acids is 1. The molecule has 0 aliphatic heterocycles. The number of carbonyl (C=O) groups is 1. The second-order valence-electron chi connectivity index (χ2n) is 5.63. The molecule has 0 spiro atoms. The molecule has 1 aromatic rings. The second-order valence-corrected chi connectivity index (χ2v) is 5.63. The Kier molecular flexibility index (Phi) is 8.51. The molecular weight excluding hydrogens is 272 g/mol. The first kappa shape index (κ1) is 18.9. The quantitative estimate of drug-likeness (QED) is 0.844. The van der Waals surface area contributed by atoms with Gasteiger partial charge in [0.25, 0.3) is 0 Å². The molecule has 4 heteroatoms. The Morgan fingerprint density at radius 2 is 1.60 bits per heavy atom. The molecule has 2 atom stereocenters. The molecule has 1 amide bonds. The summed E-state index contributed by atoms with van der Waals surface area (Å²) < 4.78 is 0. The van der Waals surface area contributed by atoms with Crippen LogP contribution in [-0.4, -0.2) is 11.9 Å². The van der Waals surface area contributed by atoms with Crippen LogP contribution in [0.5, 0.6) is 0 Å². The molecule has 1 rings (SSSR count). The van der Waals surface area contributed by atoms with Crippen molar-refractivity contribution in [2.24, 2.45) is 5.73 Å². The third kappa shape index (κ3) is 6.40. The summed E-state index contributed by atoms with van der Waals surface area (Å²) in [6.07, 6.45) is 1.22. The van der Waals surface area contributed by atoms with E-state index in [0.717, 1.165) is 12.0 Å². The van der Waals surface area contributed by atoms with Crippen LogP contribution in [0.2, 0.25) is 0 Å². The molecule has 1 aromatic carbocycles. The SMILES string of the molecule is CC(N)CCC(=O)NC(C)c1ccc(C(C)C)cc1.Cl. The zero-order valence-corrected chi connectivity index (χ0v) is 13.7. The Hall–Kier alpha value is -1.06. The van der Waals surface area contributed by atoms with Crippen molar-refractivity contribution >= 4 is 18.3 Å². The molecule has 0 radical (unpaired) electrons. The highest BCUT2D eigenvalue weighted by Crippen LogP contribution is 2.18. The van der Waals surface area contributed by atoms with Crippen molar-refractivity contribution in [2.45, 2.75) is 58.5 Å². The summed E-state index contributed by atoms with van der Waals surface area (Å²) in [5, 5.41) is 3.01. The van der Waals surface area contributed by atoms with E-state index in [9.17, 15) is 4.79 Å². The molecule has 0 saturated heterocycles. The maximum atomic E-state index is 11.7. The fourth-order valence-corrected chi connectivity index (χ4v) is 1.93. The fraction of sp³-hybridized carbons (Fsp3) is 0.562. The second kappa shape index (κ2) is 8.98. The number of hydrogen-bond donors (Lipinski definition) is 2. The van der Waals surface area contributed by atoms with Gasteiger partial charge in [0.2, 0.25) is 5.91 Å². The zero-order valence-electron chi connectivity index (χ0n) is 12.8. The molecule has 20 heavy (non-hydrogen) atoms. The van der Waals surface area contributed by atoms with Crippen molar-refractivity contribution in [3.63, 3.8) is 0 Å². The Bertz CT molecular complexity index is 401. The number of nitrogens with two attached hydrogens (primary N) is 1. The van der Waals surface area contributed by atoms with Crippen LogP contribution < -0.4 is 11.1 Å². The van der Waals surface area contributed by atoms with Crippen molar-refractivity contribution < 1.29 is 4.79 Å². The van der Waals surface area contributed by atoms with Crippen molar-refractivity contribution in [1.29, 1.82) is 0 Å². The summed E-state index contributed by atoms with van der Waals surface area (Å²) in [5.41, 5.74) is 8.10. The monoisotopic (exact) mass is 298 g/mol. The zero-order chi connectivity index (χ0) is 14.4. The van der Waals surface area contributed by atoms with E-state index in [4.69, 9.17) is 5.73 Å². The van der Waals surface area contributed by atoms with Crippen molar-refractivity contribution in [2.75, 3.05) is 0 Å². The van der Waals surface area contributed by atoms with Gasteiger partial charge >= 0.3 is 0 Å². The molecule has 0 fully saturated rings. The average molecular weight is 299 g/mol. The van der Waals surface area contributed by atoms with E-state index < -0.39 is 0 Å². The summed E-state index contributed by atoms with van der Waals surface area (Å²) in [7, 11) is 0. The number of hydrogen-bond acceptors (Lipinski definition) is 2. The summed E-state index contributed by atoms with van der Waals surface area (Å²) in [6.45, 7) is 8.28. The number of rotatable bonds is 6. The Morgan fingerprint density at radius 1 is 1.10 bits per heavy atom. The van der Waals surface area contributed by atoms with E-state index in [0.29, 0.717) is 12.3 Å². The van der Waals surface area contributed by atoms with E-state index in [-0.39, 0.29) is 30.4 Å². The summed E-state index contributed by atoms with van der Waals surface area (Å²) in [4.78, 5) is 11.7. The van der Waals surface area contributed by atoms with Crippen LogP contribution >= 0.6 is 12.4 Å². The predicted molar refractivity (Wildman–Crippen MR) is 87.2 cm³/mol. The molecule has 3 nitrogen and oxygen atoms in total. The third-order valence-corrected chi connectivity index (χ3v) is 3.31. The molecule has 114 valence electrons. The lowest BCUT2D eigenvalue weighted by molar-refractivity contribution is -0.121. The topological polar surface area (TPSA) is 55.1 Å². The largest absolute Gasteiger partial charge is 0.350 e. The minimum absolute atomic E-state index is 0. The number of halogens is 1. The molecule has 0 bridgehead atoms. The van der Waals surface area contributed by atoms with Crippen molar-refractivity contribution in [3.8, 4) is 0 Å². The molecule has 2 unspecified atom stereocenters. The number of nitrogens with one attached hydrogen (secondary N) is 1.